The van der Waals surface area contributed by atoms with Crippen LogP contribution < -0.4 is 0 Å². The Labute approximate surface area is 78.1 Å². The molecule has 0 aliphatic heterocycles. The number of carbonyl (C=O) groups is 1. The van der Waals surface area contributed by atoms with Crippen molar-refractivity contribution in [2.75, 3.05) is 7.11 Å². The Kier molecular flexibility index (Phi) is 2.98. The van der Waals surface area contributed by atoms with Crippen LogP contribution in [0, 0.1) is 6.92 Å². The molecule has 0 saturated carbocycles. The molecule has 0 aliphatic rings. The third-order valence-electron chi connectivity index (χ3n) is 1.61. The number of carbonyl (C=O) groups excluding carboxylic acids is 1. The van der Waals surface area contributed by atoms with Crippen molar-refractivity contribution in [2.24, 2.45) is 0 Å². The number of ether oxygens (including phenoxy) is 1. The Morgan fingerprint density at radius 1 is 1.62 bits per heavy atom. The van der Waals surface area contributed by atoms with Gasteiger partial charge in [0.05, 0.1) is 7.11 Å². The van der Waals surface area contributed by atoms with Crippen LogP contribution in [0.1, 0.15) is 27.2 Å². The molecule has 13 heavy (non-hydrogen) atoms. The molecule has 0 atom stereocenters. The van der Waals surface area contributed by atoms with Gasteiger partial charge in [-0.3, -0.25) is 0 Å². The molecule has 0 unspecified atom stereocenters. The summed E-state index contributed by atoms with van der Waals surface area (Å²) in [5.41, 5.74) is 0.220. The standard InChI is InChI=1S/C8H8F2O2S/c1-4-3-13-6(8(11)12-2)5(4)7(9)10/h3,7H,1-2H3. The van der Waals surface area contributed by atoms with E-state index in [1.165, 1.54) is 12.5 Å². The van der Waals surface area contributed by atoms with Gasteiger partial charge in [0.25, 0.3) is 6.43 Å². The molecule has 1 aromatic heterocycles. The van der Waals surface area contributed by atoms with Crippen LogP contribution in [-0.2, 0) is 4.74 Å². The summed E-state index contributed by atoms with van der Waals surface area (Å²) in [6, 6.07) is 0. The fraction of sp³-hybridized carbons (Fsp3) is 0.375. The number of alkyl halides is 2. The summed E-state index contributed by atoms with van der Waals surface area (Å²) in [5, 5.41) is 1.52. The number of esters is 1. The molecule has 1 heterocycles. The fourth-order valence-corrected chi connectivity index (χ4v) is 1.95. The second kappa shape index (κ2) is 3.83. The molecular weight excluding hydrogens is 198 g/mol. The molecule has 0 N–H and O–H groups in total. The summed E-state index contributed by atoms with van der Waals surface area (Å²) in [4.78, 5) is 11.0. The zero-order valence-corrected chi connectivity index (χ0v) is 7.95. The van der Waals surface area contributed by atoms with Crippen LogP contribution >= 0.6 is 11.3 Å². The van der Waals surface area contributed by atoms with Gasteiger partial charge in [0.15, 0.2) is 0 Å². The van der Waals surface area contributed by atoms with Crippen molar-refractivity contribution < 1.29 is 18.3 Å². The lowest BCUT2D eigenvalue weighted by molar-refractivity contribution is 0.0595. The molecule has 0 saturated heterocycles. The first-order chi connectivity index (χ1) is 6.07. The fourth-order valence-electron chi connectivity index (χ4n) is 0.975. The lowest BCUT2D eigenvalue weighted by atomic mass is 10.2. The van der Waals surface area contributed by atoms with E-state index in [-0.39, 0.29) is 10.4 Å². The summed E-state index contributed by atoms with van der Waals surface area (Å²) in [7, 11) is 1.17. The minimum atomic E-state index is -2.62. The number of hydrogen-bond acceptors (Lipinski definition) is 3. The summed E-state index contributed by atoms with van der Waals surface area (Å²) in [5.74, 6) is -0.701. The quantitative estimate of drug-likeness (QED) is 0.695. The third kappa shape index (κ3) is 1.85. The van der Waals surface area contributed by atoms with Crippen LogP contribution in [0.5, 0.6) is 0 Å². The second-order valence-electron chi connectivity index (χ2n) is 2.45. The first-order valence-corrected chi connectivity index (χ1v) is 4.40. The number of halogens is 2. The maximum Gasteiger partial charge on any atom is 0.348 e. The number of thiophene rings is 1. The Bertz CT molecular complexity index is 320. The van der Waals surface area contributed by atoms with E-state index in [9.17, 15) is 13.6 Å². The highest BCUT2D eigenvalue weighted by Gasteiger charge is 2.23. The van der Waals surface area contributed by atoms with Gasteiger partial charge in [-0.1, -0.05) is 0 Å². The molecule has 2 nitrogen and oxygen atoms in total. The van der Waals surface area contributed by atoms with Crippen molar-refractivity contribution in [3.8, 4) is 0 Å². The molecule has 0 bridgehead atoms. The number of hydrogen-bond donors (Lipinski definition) is 0. The second-order valence-corrected chi connectivity index (χ2v) is 3.33. The van der Waals surface area contributed by atoms with Crippen molar-refractivity contribution in [3.63, 3.8) is 0 Å². The Balaban J connectivity index is 3.15. The van der Waals surface area contributed by atoms with Gasteiger partial charge in [-0.25, -0.2) is 13.6 Å². The minimum Gasteiger partial charge on any atom is -0.465 e. The summed E-state index contributed by atoms with van der Waals surface area (Å²) >= 11 is 0.983. The molecule has 0 spiro atoms. The van der Waals surface area contributed by atoms with Gasteiger partial charge in [-0.15, -0.1) is 11.3 Å². The van der Waals surface area contributed by atoms with Crippen molar-refractivity contribution in [1.82, 2.24) is 0 Å². The van der Waals surface area contributed by atoms with Gasteiger partial charge in [0.1, 0.15) is 4.88 Å². The van der Waals surface area contributed by atoms with E-state index in [4.69, 9.17) is 0 Å². The van der Waals surface area contributed by atoms with E-state index in [1.54, 1.807) is 6.92 Å². The van der Waals surface area contributed by atoms with Gasteiger partial charge in [0.2, 0.25) is 0 Å². The van der Waals surface area contributed by atoms with Crippen molar-refractivity contribution in [3.05, 3.63) is 21.4 Å². The summed E-state index contributed by atoms with van der Waals surface area (Å²) in [6.45, 7) is 1.55. The van der Waals surface area contributed by atoms with Gasteiger partial charge >= 0.3 is 5.97 Å². The van der Waals surface area contributed by atoms with E-state index in [2.05, 4.69) is 4.74 Å². The Morgan fingerprint density at radius 2 is 2.23 bits per heavy atom. The largest absolute Gasteiger partial charge is 0.465 e. The zero-order chi connectivity index (χ0) is 10.0. The Morgan fingerprint density at radius 3 is 2.69 bits per heavy atom. The summed E-state index contributed by atoms with van der Waals surface area (Å²) < 4.78 is 29.2. The molecule has 1 aromatic rings. The molecule has 1 rings (SSSR count). The normalized spacial score (nSPS) is 10.5. The highest BCUT2D eigenvalue weighted by molar-refractivity contribution is 7.12. The number of rotatable bonds is 2. The van der Waals surface area contributed by atoms with Crippen LogP contribution in [0.15, 0.2) is 5.38 Å². The number of aryl methyl sites for hydroxylation is 1. The SMILES string of the molecule is COC(=O)c1scc(C)c1C(F)F. The van der Waals surface area contributed by atoms with E-state index < -0.39 is 12.4 Å². The van der Waals surface area contributed by atoms with E-state index in [0.717, 1.165) is 11.3 Å². The molecule has 0 radical (unpaired) electrons. The molecule has 0 fully saturated rings. The van der Waals surface area contributed by atoms with Crippen molar-refractivity contribution in [2.45, 2.75) is 13.3 Å². The third-order valence-corrected chi connectivity index (χ3v) is 2.71. The Hall–Kier alpha value is -0.970. The topological polar surface area (TPSA) is 26.3 Å². The lowest BCUT2D eigenvalue weighted by Gasteiger charge is -2.01. The maximum atomic E-state index is 12.4. The van der Waals surface area contributed by atoms with Crippen LogP contribution in [0.2, 0.25) is 0 Å². The van der Waals surface area contributed by atoms with E-state index in [0.29, 0.717) is 5.56 Å². The zero-order valence-electron chi connectivity index (χ0n) is 7.14. The first-order valence-electron chi connectivity index (χ1n) is 3.52. The van der Waals surface area contributed by atoms with Crippen molar-refractivity contribution in [1.29, 1.82) is 0 Å². The van der Waals surface area contributed by atoms with Gasteiger partial charge in [0, 0.05) is 5.56 Å². The maximum absolute atomic E-state index is 12.4. The molecule has 72 valence electrons. The van der Waals surface area contributed by atoms with E-state index in [1.807, 2.05) is 0 Å². The van der Waals surface area contributed by atoms with Gasteiger partial charge in [-0.05, 0) is 17.9 Å². The highest BCUT2D eigenvalue weighted by atomic mass is 32.1. The monoisotopic (exact) mass is 206 g/mol. The molecule has 5 heteroatoms. The average Bonchev–Trinajstić information content (AvgIpc) is 2.45. The smallest absolute Gasteiger partial charge is 0.348 e. The minimum absolute atomic E-state index is 0.00463. The van der Waals surface area contributed by atoms with Crippen LogP contribution in [0.4, 0.5) is 8.78 Å². The molecule has 0 aliphatic carbocycles. The predicted octanol–water partition coefficient (Wildman–Crippen LogP) is 2.78. The number of methoxy groups -OCH3 is 1. The first kappa shape index (κ1) is 10.1. The molecular formula is C8H8F2O2S. The lowest BCUT2D eigenvalue weighted by Crippen LogP contribution is -2.02. The predicted molar refractivity (Wildman–Crippen MR) is 45.4 cm³/mol. The van der Waals surface area contributed by atoms with Crippen LogP contribution in [0.25, 0.3) is 0 Å². The van der Waals surface area contributed by atoms with Gasteiger partial charge < -0.3 is 4.74 Å². The average molecular weight is 206 g/mol. The molecule has 0 aromatic carbocycles. The highest BCUT2D eigenvalue weighted by Crippen LogP contribution is 2.31. The summed E-state index contributed by atoms with van der Waals surface area (Å²) in [6.07, 6.45) is -2.62. The van der Waals surface area contributed by atoms with E-state index >= 15 is 0 Å². The van der Waals surface area contributed by atoms with Crippen LogP contribution in [0.3, 0.4) is 0 Å². The molecule has 0 amide bonds. The van der Waals surface area contributed by atoms with Crippen molar-refractivity contribution >= 4 is 17.3 Å². The van der Waals surface area contributed by atoms with Gasteiger partial charge in [-0.2, -0.15) is 0 Å². The van der Waals surface area contributed by atoms with Crippen LogP contribution in [-0.4, -0.2) is 13.1 Å².